The molecular weight excluding hydrogens is 347 g/mol. The van der Waals surface area contributed by atoms with Crippen LogP contribution in [-0.4, -0.2) is 11.9 Å². The molecule has 130 valence electrons. The zero-order valence-corrected chi connectivity index (χ0v) is 15.1. The number of carbonyl (C=O) groups excluding carboxylic acids is 1. The molecule has 2 aromatic carbocycles. The van der Waals surface area contributed by atoms with E-state index >= 15 is 0 Å². The number of para-hydroxylation sites is 2. The van der Waals surface area contributed by atoms with Gasteiger partial charge in [-0.05, 0) is 36.2 Å². The number of rotatable bonds is 7. The maximum Gasteiger partial charge on any atom is 0.241 e. The van der Waals surface area contributed by atoms with Gasteiger partial charge in [0.2, 0.25) is 5.91 Å². The highest BCUT2D eigenvalue weighted by molar-refractivity contribution is 6.30. The Kier molecular flexibility index (Phi) is 8.61. The molecule has 1 unspecified atom stereocenters. The van der Waals surface area contributed by atoms with E-state index in [1.165, 1.54) is 0 Å². The summed E-state index contributed by atoms with van der Waals surface area (Å²) in [5.74, 6) is 0.398. The van der Waals surface area contributed by atoms with Gasteiger partial charge < -0.3 is 15.8 Å². The number of benzene rings is 2. The van der Waals surface area contributed by atoms with Crippen molar-refractivity contribution in [2.24, 2.45) is 5.73 Å². The van der Waals surface area contributed by atoms with Gasteiger partial charge in [0, 0.05) is 5.02 Å². The van der Waals surface area contributed by atoms with Crippen LogP contribution >= 0.6 is 24.0 Å². The van der Waals surface area contributed by atoms with Gasteiger partial charge in [-0.1, -0.05) is 49.2 Å². The van der Waals surface area contributed by atoms with Gasteiger partial charge in [-0.25, -0.2) is 0 Å². The summed E-state index contributed by atoms with van der Waals surface area (Å²) in [4.78, 5) is 12.1. The van der Waals surface area contributed by atoms with Gasteiger partial charge in [-0.15, -0.1) is 12.4 Å². The molecule has 3 N–H and O–H groups in total. The number of nitrogens with two attached hydrogens (primary N) is 1. The summed E-state index contributed by atoms with van der Waals surface area (Å²) in [6, 6.07) is 14.3. The van der Waals surface area contributed by atoms with Crippen LogP contribution in [0.2, 0.25) is 5.02 Å². The summed E-state index contributed by atoms with van der Waals surface area (Å²) in [5, 5.41) is 3.49. The van der Waals surface area contributed by atoms with Crippen LogP contribution in [0.15, 0.2) is 48.5 Å². The third-order valence-electron chi connectivity index (χ3n) is 3.36. The number of anilines is 1. The summed E-state index contributed by atoms with van der Waals surface area (Å²) in [7, 11) is 0. The molecule has 0 fully saturated rings. The fraction of sp³-hybridized carbons (Fsp3) is 0.278. The van der Waals surface area contributed by atoms with E-state index in [9.17, 15) is 4.79 Å². The Hall–Kier alpha value is -1.75. The molecule has 24 heavy (non-hydrogen) atoms. The van der Waals surface area contributed by atoms with E-state index in [1.807, 2.05) is 49.4 Å². The molecule has 0 aliphatic rings. The Morgan fingerprint density at radius 2 is 2.00 bits per heavy atom. The molecular formula is C18H22Cl2N2O2. The first kappa shape index (κ1) is 20.3. The SMILES string of the molecule is CCCC(N)C(=O)Nc1ccccc1OCc1cccc(Cl)c1.Cl. The first-order valence-corrected chi connectivity index (χ1v) is 8.00. The summed E-state index contributed by atoms with van der Waals surface area (Å²) in [5.41, 5.74) is 7.42. The number of carbonyl (C=O) groups is 1. The van der Waals surface area contributed by atoms with Gasteiger partial charge in [0.15, 0.2) is 0 Å². The maximum absolute atomic E-state index is 12.1. The number of nitrogens with one attached hydrogen (secondary N) is 1. The molecule has 0 aliphatic heterocycles. The second-order valence-electron chi connectivity index (χ2n) is 5.30. The minimum absolute atomic E-state index is 0. The molecule has 0 bridgehead atoms. The standard InChI is InChI=1S/C18H21ClN2O2.ClH/c1-2-6-15(20)18(22)21-16-9-3-4-10-17(16)23-12-13-7-5-8-14(19)11-13;/h3-5,7-11,15H,2,6,12,20H2,1H3,(H,21,22);1H. The Labute approximate surface area is 153 Å². The van der Waals surface area contributed by atoms with Crippen molar-refractivity contribution in [1.82, 2.24) is 0 Å². The molecule has 0 saturated heterocycles. The van der Waals surface area contributed by atoms with Crippen molar-refractivity contribution in [2.45, 2.75) is 32.4 Å². The quantitative estimate of drug-likeness (QED) is 0.760. The van der Waals surface area contributed by atoms with Crippen LogP contribution in [0.5, 0.6) is 5.75 Å². The monoisotopic (exact) mass is 368 g/mol. The number of hydrogen-bond donors (Lipinski definition) is 2. The van der Waals surface area contributed by atoms with E-state index < -0.39 is 6.04 Å². The van der Waals surface area contributed by atoms with Crippen molar-refractivity contribution in [3.63, 3.8) is 0 Å². The number of hydrogen-bond acceptors (Lipinski definition) is 3. The van der Waals surface area contributed by atoms with E-state index in [4.69, 9.17) is 22.1 Å². The van der Waals surface area contributed by atoms with Crippen LogP contribution in [0.4, 0.5) is 5.69 Å². The third kappa shape index (κ3) is 6.04. The van der Waals surface area contributed by atoms with Crippen molar-refractivity contribution in [3.05, 3.63) is 59.1 Å². The van der Waals surface area contributed by atoms with E-state index in [0.29, 0.717) is 29.5 Å². The predicted molar refractivity (Wildman–Crippen MR) is 101 cm³/mol. The maximum atomic E-state index is 12.1. The number of amides is 1. The fourth-order valence-corrected chi connectivity index (χ4v) is 2.36. The van der Waals surface area contributed by atoms with Gasteiger partial charge in [0.25, 0.3) is 0 Å². The lowest BCUT2D eigenvalue weighted by Crippen LogP contribution is -2.35. The lowest BCUT2D eigenvalue weighted by Gasteiger charge is -2.15. The first-order chi connectivity index (χ1) is 11.1. The van der Waals surface area contributed by atoms with Crippen LogP contribution in [0.3, 0.4) is 0 Å². The van der Waals surface area contributed by atoms with Crippen molar-refractivity contribution >= 4 is 35.6 Å². The highest BCUT2D eigenvalue weighted by atomic mass is 35.5. The topological polar surface area (TPSA) is 64.4 Å². The zero-order valence-electron chi connectivity index (χ0n) is 13.5. The van der Waals surface area contributed by atoms with Crippen molar-refractivity contribution in [3.8, 4) is 5.75 Å². The average Bonchev–Trinajstić information content (AvgIpc) is 2.54. The van der Waals surface area contributed by atoms with Gasteiger partial charge in [0.1, 0.15) is 12.4 Å². The molecule has 0 aliphatic carbocycles. The number of ether oxygens (including phenoxy) is 1. The Morgan fingerprint density at radius 1 is 1.25 bits per heavy atom. The largest absolute Gasteiger partial charge is 0.487 e. The zero-order chi connectivity index (χ0) is 16.7. The molecule has 0 aromatic heterocycles. The molecule has 1 atom stereocenters. The van der Waals surface area contributed by atoms with Crippen LogP contribution in [0.1, 0.15) is 25.3 Å². The normalized spacial score (nSPS) is 11.3. The summed E-state index contributed by atoms with van der Waals surface area (Å²) >= 11 is 5.96. The van der Waals surface area contributed by atoms with Gasteiger partial charge >= 0.3 is 0 Å². The molecule has 2 rings (SSSR count). The van der Waals surface area contributed by atoms with Gasteiger partial charge in [-0.2, -0.15) is 0 Å². The van der Waals surface area contributed by atoms with E-state index in [1.54, 1.807) is 6.07 Å². The Balaban J connectivity index is 0.00000288. The smallest absolute Gasteiger partial charge is 0.241 e. The molecule has 0 saturated carbocycles. The highest BCUT2D eigenvalue weighted by Gasteiger charge is 2.14. The van der Waals surface area contributed by atoms with Crippen LogP contribution < -0.4 is 15.8 Å². The van der Waals surface area contributed by atoms with E-state index in [-0.39, 0.29) is 18.3 Å². The lowest BCUT2D eigenvalue weighted by molar-refractivity contribution is -0.117. The molecule has 1 amide bonds. The van der Waals surface area contributed by atoms with Crippen LogP contribution in [0, 0.1) is 0 Å². The predicted octanol–water partition coefficient (Wildman–Crippen LogP) is 4.41. The van der Waals surface area contributed by atoms with E-state index in [0.717, 1.165) is 12.0 Å². The average molecular weight is 369 g/mol. The third-order valence-corrected chi connectivity index (χ3v) is 3.60. The minimum atomic E-state index is -0.513. The number of halogens is 2. The van der Waals surface area contributed by atoms with Crippen molar-refractivity contribution in [2.75, 3.05) is 5.32 Å². The second kappa shape index (κ2) is 10.2. The molecule has 0 spiro atoms. The molecule has 0 radical (unpaired) electrons. The summed E-state index contributed by atoms with van der Waals surface area (Å²) in [6.45, 7) is 2.36. The summed E-state index contributed by atoms with van der Waals surface area (Å²) < 4.78 is 5.80. The van der Waals surface area contributed by atoms with Crippen LogP contribution in [-0.2, 0) is 11.4 Å². The van der Waals surface area contributed by atoms with Crippen LogP contribution in [0.25, 0.3) is 0 Å². The summed E-state index contributed by atoms with van der Waals surface area (Å²) in [6.07, 6.45) is 1.51. The fourth-order valence-electron chi connectivity index (χ4n) is 2.15. The Bertz CT molecular complexity index is 665. The van der Waals surface area contributed by atoms with E-state index in [2.05, 4.69) is 5.32 Å². The van der Waals surface area contributed by atoms with Crippen molar-refractivity contribution in [1.29, 1.82) is 0 Å². The first-order valence-electron chi connectivity index (χ1n) is 7.63. The lowest BCUT2D eigenvalue weighted by atomic mass is 10.1. The molecule has 6 heteroatoms. The van der Waals surface area contributed by atoms with Gasteiger partial charge in [-0.3, -0.25) is 4.79 Å². The molecule has 2 aromatic rings. The Morgan fingerprint density at radius 3 is 2.71 bits per heavy atom. The van der Waals surface area contributed by atoms with Crippen molar-refractivity contribution < 1.29 is 9.53 Å². The molecule has 0 heterocycles. The highest BCUT2D eigenvalue weighted by Crippen LogP contribution is 2.25. The minimum Gasteiger partial charge on any atom is -0.487 e. The molecule has 4 nitrogen and oxygen atoms in total. The van der Waals surface area contributed by atoms with Gasteiger partial charge in [0.05, 0.1) is 11.7 Å². The second-order valence-corrected chi connectivity index (χ2v) is 5.74.